The molecule has 2 aromatic heterocycles. The van der Waals surface area contributed by atoms with Crippen molar-refractivity contribution in [3.8, 4) is 0 Å². The summed E-state index contributed by atoms with van der Waals surface area (Å²) in [5.74, 6) is 3.02. The van der Waals surface area contributed by atoms with Gasteiger partial charge in [-0.15, -0.1) is 10.2 Å². The van der Waals surface area contributed by atoms with Gasteiger partial charge in [0.15, 0.2) is 5.82 Å². The van der Waals surface area contributed by atoms with Gasteiger partial charge in [0.2, 0.25) is 11.8 Å². The number of aromatic nitrogens is 5. The number of aryl methyl sites for hydroxylation is 2. The summed E-state index contributed by atoms with van der Waals surface area (Å²) in [6.45, 7) is 5.61. The number of hydrogen-bond acceptors (Lipinski definition) is 6. The number of carbonyl (C=O) groups is 1. The van der Waals surface area contributed by atoms with Gasteiger partial charge < -0.3 is 14.0 Å². The Hall–Kier alpha value is -2.25. The van der Waals surface area contributed by atoms with Crippen molar-refractivity contribution < 1.29 is 9.32 Å². The first-order valence-corrected chi connectivity index (χ1v) is 8.98. The average molecular weight is 346 g/mol. The minimum atomic E-state index is 0.190. The Bertz CT molecular complexity index is 708. The molecule has 3 rings (SSSR count). The predicted octanol–water partition coefficient (Wildman–Crippen LogP) is 2.05. The van der Waals surface area contributed by atoms with Crippen LogP contribution in [0.15, 0.2) is 10.9 Å². The lowest BCUT2D eigenvalue weighted by atomic mass is 9.96. The van der Waals surface area contributed by atoms with E-state index in [1.54, 1.807) is 6.33 Å². The SMILES string of the molecule is CC(C)c1noc(CCCC(=O)N2CCCC(c3nncn3C)C2)n1. The number of nitrogens with zero attached hydrogens (tertiary/aromatic N) is 6. The lowest BCUT2D eigenvalue weighted by Gasteiger charge is -2.32. The Morgan fingerprint density at radius 1 is 1.44 bits per heavy atom. The summed E-state index contributed by atoms with van der Waals surface area (Å²) in [5.41, 5.74) is 0. The molecular weight excluding hydrogens is 320 g/mol. The molecule has 8 nitrogen and oxygen atoms in total. The molecular formula is C17H26N6O2. The van der Waals surface area contributed by atoms with Crippen LogP contribution in [0.3, 0.4) is 0 Å². The zero-order valence-corrected chi connectivity index (χ0v) is 15.2. The molecule has 1 aliphatic heterocycles. The van der Waals surface area contributed by atoms with Gasteiger partial charge in [0.1, 0.15) is 12.2 Å². The molecule has 0 spiro atoms. The van der Waals surface area contributed by atoms with E-state index >= 15 is 0 Å². The van der Waals surface area contributed by atoms with E-state index in [0.717, 1.165) is 44.0 Å². The van der Waals surface area contributed by atoms with Crippen LogP contribution < -0.4 is 0 Å². The van der Waals surface area contributed by atoms with Gasteiger partial charge in [-0.05, 0) is 19.3 Å². The van der Waals surface area contributed by atoms with Crippen LogP contribution in [0.2, 0.25) is 0 Å². The normalized spacial score (nSPS) is 18.1. The number of amides is 1. The van der Waals surface area contributed by atoms with E-state index in [-0.39, 0.29) is 17.7 Å². The number of likely N-dealkylation sites (tertiary alicyclic amines) is 1. The third-order valence-corrected chi connectivity index (χ3v) is 4.67. The van der Waals surface area contributed by atoms with Crippen LogP contribution in [0.1, 0.15) is 68.9 Å². The van der Waals surface area contributed by atoms with Crippen LogP contribution in [-0.4, -0.2) is 48.8 Å². The van der Waals surface area contributed by atoms with Crippen molar-refractivity contribution in [1.82, 2.24) is 29.8 Å². The van der Waals surface area contributed by atoms with Gasteiger partial charge in [0, 0.05) is 44.8 Å². The maximum absolute atomic E-state index is 12.5. The molecule has 25 heavy (non-hydrogen) atoms. The number of carbonyl (C=O) groups excluding carboxylic acids is 1. The van der Waals surface area contributed by atoms with Gasteiger partial charge >= 0.3 is 0 Å². The highest BCUT2D eigenvalue weighted by molar-refractivity contribution is 5.76. The van der Waals surface area contributed by atoms with Crippen molar-refractivity contribution >= 4 is 5.91 Å². The second-order valence-corrected chi connectivity index (χ2v) is 7.03. The zero-order chi connectivity index (χ0) is 17.8. The second-order valence-electron chi connectivity index (χ2n) is 7.03. The van der Waals surface area contributed by atoms with Crippen molar-refractivity contribution in [3.63, 3.8) is 0 Å². The van der Waals surface area contributed by atoms with Crippen molar-refractivity contribution in [2.45, 2.75) is 57.8 Å². The summed E-state index contributed by atoms with van der Waals surface area (Å²) in [4.78, 5) is 18.8. The smallest absolute Gasteiger partial charge is 0.226 e. The molecule has 1 saturated heterocycles. The molecule has 0 radical (unpaired) electrons. The van der Waals surface area contributed by atoms with E-state index in [2.05, 4.69) is 20.3 Å². The largest absolute Gasteiger partial charge is 0.342 e. The van der Waals surface area contributed by atoms with Crippen LogP contribution in [-0.2, 0) is 18.3 Å². The third kappa shape index (κ3) is 4.24. The Morgan fingerprint density at radius 2 is 2.28 bits per heavy atom. The molecule has 2 aromatic rings. The van der Waals surface area contributed by atoms with Crippen LogP contribution in [0.5, 0.6) is 0 Å². The third-order valence-electron chi connectivity index (χ3n) is 4.67. The average Bonchev–Trinajstić information content (AvgIpc) is 3.24. The summed E-state index contributed by atoms with van der Waals surface area (Å²) in [5, 5.41) is 12.1. The highest BCUT2D eigenvalue weighted by atomic mass is 16.5. The molecule has 0 saturated carbocycles. The quantitative estimate of drug-likeness (QED) is 0.795. The van der Waals surface area contributed by atoms with E-state index in [4.69, 9.17) is 4.52 Å². The summed E-state index contributed by atoms with van der Waals surface area (Å²) in [6.07, 6.45) is 5.65. The second kappa shape index (κ2) is 7.76. The highest BCUT2D eigenvalue weighted by Gasteiger charge is 2.27. The first-order chi connectivity index (χ1) is 12.0. The molecule has 136 valence electrons. The molecule has 1 unspecified atom stereocenters. The molecule has 0 bridgehead atoms. The van der Waals surface area contributed by atoms with E-state index in [0.29, 0.717) is 18.7 Å². The number of piperidine rings is 1. The monoisotopic (exact) mass is 346 g/mol. The van der Waals surface area contributed by atoms with Gasteiger partial charge in [0.25, 0.3) is 0 Å². The molecule has 1 atom stereocenters. The molecule has 1 fully saturated rings. The van der Waals surface area contributed by atoms with Gasteiger partial charge in [-0.2, -0.15) is 4.98 Å². The summed E-state index contributed by atoms with van der Waals surface area (Å²) in [6, 6.07) is 0. The standard InChI is InChI=1S/C17H26N6O2/c1-12(2)16-19-14(25-21-16)7-4-8-15(24)23-9-5-6-13(10-23)17-20-18-11-22(17)3/h11-13H,4-10H2,1-3H3. The molecule has 1 amide bonds. The van der Waals surface area contributed by atoms with Crippen LogP contribution >= 0.6 is 0 Å². The Labute approximate surface area is 147 Å². The van der Waals surface area contributed by atoms with Gasteiger partial charge in [0.05, 0.1) is 0 Å². The van der Waals surface area contributed by atoms with Crippen molar-refractivity contribution in [3.05, 3.63) is 23.9 Å². The van der Waals surface area contributed by atoms with E-state index in [9.17, 15) is 4.79 Å². The molecule has 0 aromatic carbocycles. The molecule has 0 N–H and O–H groups in total. The van der Waals surface area contributed by atoms with E-state index in [1.165, 1.54) is 0 Å². The summed E-state index contributed by atoms with van der Waals surface area (Å²) < 4.78 is 7.17. The first kappa shape index (κ1) is 17.6. The van der Waals surface area contributed by atoms with Crippen LogP contribution in [0.25, 0.3) is 0 Å². The maximum Gasteiger partial charge on any atom is 0.226 e. The lowest BCUT2D eigenvalue weighted by Crippen LogP contribution is -2.39. The molecule has 0 aliphatic carbocycles. The topological polar surface area (TPSA) is 89.9 Å². The van der Waals surface area contributed by atoms with Crippen molar-refractivity contribution in [2.75, 3.05) is 13.1 Å². The Balaban J connectivity index is 1.48. The minimum absolute atomic E-state index is 0.190. The number of hydrogen-bond donors (Lipinski definition) is 0. The van der Waals surface area contributed by atoms with E-state index < -0.39 is 0 Å². The fourth-order valence-corrected chi connectivity index (χ4v) is 3.23. The zero-order valence-electron chi connectivity index (χ0n) is 15.2. The molecule has 8 heteroatoms. The van der Waals surface area contributed by atoms with Crippen LogP contribution in [0.4, 0.5) is 0 Å². The van der Waals surface area contributed by atoms with Gasteiger partial charge in [-0.3, -0.25) is 4.79 Å². The Morgan fingerprint density at radius 3 is 2.96 bits per heavy atom. The van der Waals surface area contributed by atoms with E-state index in [1.807, 2.05) is 30.4 Å². The van der Waals surface area contributed by atoms with Crippen molar-refractivity contribution in [2.24, 2.45) is 7.05 Å². The van der Waals surface area contributed by atoms with Gasteiger partial charge in [-0.25, -0.2) is 0 Å². The number of rotatable bonds is 6. The maximum atomic E-state index is 12.5. The van der Waals surface area contributed by atoms with Crippen LogP contribution in [0, 0.1) is 0 Å². The van der Waals surface area contributed by atoms with Crippen molar-refractivity contribution in [1.29, 1.82) is 0 Å². The summed E-state index contributed by atoms with van der Waals surface area (Å²) >= 11 is 0. The lowest BCUT2D eigenvalue weighted by molar-refractivity contribution is -0.132. The molecule has 1 aliphatic rings. The molecule has 3 heterocycles. The summed E-state index contributed by atoms with van der Waals surface area (Å²) in [7, 11) is 1.95. The van der Waals surface area contributed by atoms with Gasteiger partial charge in [-0.1, -0.05) is 19.0 Å². The fourth-order valence-electron chi connectivity index (χ4n) is 3.23. The Kier molecular flexibility index (Phi) is 5.45. The first-order valence-electron chi connectivity index (χ1n) is 8.98. The highest BCUT2D eigenvalue weighted by Crippen LogP contribution is 2.25. The fraction of sp³-hybridized carbons (Fsp3) is 0.706. The predicted molar refractivity (Wildman–Crippen MR) is 90.9 cm³/mol. The minimum Gasteiger partial charge on any atom is -0.342 e.